The Morgan fingerprint density at radius 3 is 1.64 bits per heavy atom. The third-order valence-electron chi connectivity index (χ3n) is 13.0. The summed E-state index contributed by atoms with van der Waals surface area (Å²) in [4.78, 5) is 11.3. The van der Waals surface area contributed by atoms with Crippen LogP contribution < -0.4 is 5.32 Å². The fraction of sp³-hybridized carbons (Fsp3) is 0.0175. The van der Waals surface area contributed by atoms with Gasteiger partial charge in [0.1, 0.15) is 0 Å². The van der Waals surface area contributed by atoms with Crippen molar-refractivity contribution in [1.29, 1.82) is 0 Å². The van der Waals surface area contributed by atoms with Gasteiger partial charge < -0.3 is 9.88 Å². The van der Waals surface area contributed by atoms with Crippen LogP contribution in [0.15, 0.2) is 210 Å². The molecule has 9 aromatic carbocycles. The Hall–Kier alpha value is -7.84. The van der Waals surface area contributed by atoms with Crippen LogP contribution in [0.4, 0.5) is 0 Å². The number of aliphatic imine (C=N–C) groups is 2. The summed E-state index contributed by atoms with van der Waals surface area (Å²) in [5.74, 6) is 1.39. The van der Waals surface area contributed by atoms with E-state index in [1.54, 1.807) is 0 Å². The second-order valence-corrected chi connectivity index (χ2v) is 18.6. The highest BCUT2D eigenvalue weighted by molar-refractivity contribution is 7.27. The minimum Gasteiger partial charge on any atom is -0.316 e. The predicted octanol–water partition coefficient (Wildman–Crippen LogP) is 15.4. The van der Waals surface area contributed by atoms with Gasteiger partial charge in [0.05, 0.1) is 22.1 Å². The number of fused-ring (bicyclic) bond motifs is 14. The Morgan fingerprint density at radius 1 is 0.406 bits per heavy atom. The lowest BCUT2D eigenvalue weighted by Gasteiger charge is -2.27. The standard InChI is InChI=1S/C57H35N5S2/c1-3-15-34(16-4-1)36-27-28-41(44(33-36)35-17-5-2-6-18-35)55-58-56(61-45-23-11-7-21-42(45)51-47(61)31-29-39-37-19-9-13-25-49(37)63-53(39)51)60-57(59-55)62-46-24-12-8-22-43(46)52-48(62)32-30-40-38-20-10-14-26-50(38)64-54(40)52/h1-33,56H,(H,58,59,60). The number of nitrogens with zero attached hydrogens (tertiary/aromatic N) is 4. The molecule has 0 saturated carbocycles. The van der Waals surface area contributed by atoms with Gasteiger partial charge in [0.15, 0.2) is 5.84 Å². The topological polar surface area (TPSA) is 46.6 Å². The van der Waals surface area contributed by atoms with Gasteiger partial charge in [0, 0.05) is 67.5 Å². The van der Waals surface area contributed by atoms with Gasteiger partial charge in [-0.25, -0.2) is 4.99 Å². The lowest BCUT2D eigenvalue weighted by molar-refractivity contribution is 0.509. The smallest absolute Gasteiger partial charge is 0.213 e. The number of thiophene rings is 2. The van der Waals surface area contributed by atoms with E-state index in [1.807, 2.05) is 22.7 Å². The van der Waals surface area contributed by atoms with Crippen molar-refractivity contribution >= 4 is 118 Å². The first-order chi connectivity index (χ1) is 31.7. The summed E-state index contributed by atoms with van der Waals surface area (Å²) in [5.41, 5.74) is 9.88. The molecule has 5 heterocycles. The number of benzene rings is 9. The molecule has 14 rings (SSSR count). The summed E-state index contributed by atoms with van der Waals surface area (Å²) in [6.07, 6.45) is -0.543. The second kappa shape index (κ2) is 13.8. The maximum absolute atomic E-state index is 5.68. The van der Waals surface area contributed by atoms with Gasteiger partial charge in [-0.1, -0.05) is 152 Å². The van der Waals surface area contributed by atoms with Gasteiger partial charge in [-0.2, -0.15) is 4.99 Å². The van der Waals surface area contributed by atoms with Crippen LogP contribution in [0, 0.1) is 0 Å². The second-order valence-electron chi connectivity index (χ2n) is 16.5. The molecule has 0 radical (unpaired) electrons. The molecule has 1 unspecified atom stereocenters. The van der Waals surface area contributed by atoms with Crippen LogP contribution >= 0.6 is 22.7 Å². The first kappa shape index (κ1) is 35.7. The lowest BCUT2D eigenvalue weighted by atomic mass is 9.94. The first-order valence-electron chi connectivity index (χ1n) is 21.6. The van der Waals surface area contributed by atoms with Gasteiger partial charge in [0.2, 0.25) is 12.2 Å². The third kappa shape index (κ3) is 5.22. The molecule has 0 saturated heterocycles. The van der Waals surface area contributed by atoms with Crippen molar-refractivity contribution in [3.8, 4) is 22.3 Å². The molecule has 0 aliphatic carbocycles. The molecule has 5 nitrogen and oxygen atoms in total. The van der Waals surface area contributed by atoms with Crippen LogP contribution in [0.5, 0.6) is 0 Å². The van der Waals surface area contributed by atoms with E-state index in [4.69, 9.17) is 9.98 Å². The van der Waals surface area contributed by atoms with Crippen molar-refractivity contribution in [1.82, 2.24) is 14.5 Å². The quantitative estimate of drug-likeness (QED) is 0.188. The molecule has 1 aliphatic rings. The zero-order chi connectivity index (χ0) is 41.9. The monoisotopic (exact) mass is 853 g/mol. The average Bonchev–Trinajstić information content (AvgIpc) is 4.12. The molecule has 4 aromatic heterocycles. The summed E-state index contributed by atoms with van der Waals surface area (Å²) in [7, 11) is 0. The number of hydrogen-bond acceptors (Lipinski definition) is 5. The summed E-state index contributed by atoms with van der Waals surface area (Å²) in [5, 5.41) is 14.0. The number of para-hydroxylation sites is 2. The number of nitrogens with one attached hydrogen (secondary N) is 1. The number of amidine groups is 1. The molecule has 13 aromatic rings. The molecule has 7 heteroatoms. The van der Waals surface area contributed by atoms with Crippen molar-refractivity contribution < 1.29 is 0 Å². The highest BCUT2D eigenvalue weighted by Crippen LogP contribution is 2.45. The summed E-state index contributed by atoms with van der Waals surface area (Å²) in [6, 6.07) is 72.2. The van der Waals surface area contributed by atoms with Crippen LogP contribution in [-0.2, 0) is 0 Å². The van der Waals surface area contributed by atoms with Crippen LogP contribution in [0.25, 0.3) is 106 Å². The fourth-order valence-electron chi connectivity index (χ4n) is 10.2. The van der Waals surface area contributed by atoms with Crippen LogP contribution in [0.2, 0.25) is 0 Å². The third-order valence-corrected chi connectivity index (χ3v) is 15.4. The van der Waals surface area contributed by atoms with Crippen LogP contribution in [0.1, 0.15) is 11.9 Å². The summed E-state index contributed by atoms with van der Waals surface area (Å²) < 4.78 is 9.87. The number of aromatic nitrogens is 2. The largest absolute Gasteiger partial charge is 0.316 e. The number of hydrogen-bond donors (Lipinski definition) is 1. The lowest BCUT2D eigenvalue weighted by Crippen LogP contribution is -2.40. The zero-order valence-corrected chi connectivity index (χ0v) is 35.9. The van der Waals surface area contributed by atoms with Gasteiger partial charge in [-0.05, 0) is 70.8 Å². The van der Waals surface area contributed by atoms with Crippen molar-refractivity contribution in [3.63, 3.8) is 0 Å². The molecule has 300 valence electrons. The Labute approximate surface area is 375 Å². The van der Waals surface area contributed by atoms with E-state index < -0.39 is 6.29 Å². The van der Waals surface area contributed by atoms with Crippen molar-refractivity contribution in [2.24, 2.45) is 9.98 Å². The first-order valence-corrected chi connectivity index (χ1v) is 23.2. The van der Waals surface area contributed by atoms with E-state index in [0.717, 1.165) is 55.8 Å². The van der Waals surface area contributed by atoms with Gasteiger partial charge in [-0.15, -0.1) is 22.7 Å². The maximum atomic E-state index is 5.68. The van der Waals surface area contributed by atoms with E-state index in [-0.39, 0.29) is 0 Å². The van der Waals surface area contributed by atoms with Gasteiger partial charge >= 0.3 is 0 Å². The minimum absolute atomic E-state index is 0.543. The molecule has 0 spiro atoms. The summed E-state index contributed by atoms with van der Waals surface area (Å²) >= 11 is 3.74. The van der Waals surface area contributed by atoms with Gasteiger partial charge in [0.25, 0.3) is 0 Å². The molecule has 64 heavy (non-hydrogen) atoms. The molecular formula is C57H35N5S2. The average molecular weight is 854 g/mol. The maximum Gasteiger partial charge on any atom is 0.213 e. The van der Waals surface area contributed by atoms with E-state index in [9.17, 15) is 0 Å². The Kier molecular flexibility index (Phi) is 7.72. The van der Waals surface area contributed by atoms with E-state index in [2.05, 4.69) is 215 Å². The van der Waals surface area contributed by atoms with Crippen LogP contribution in [0.3, 0.4) is 0 Å². The molecule has 0 bridgehead atoms. The summed E-state index contributed by atoms with van der Waals surface area (Å²) in [6.45, 7) is 0. The predicted molar refractivity (Wildman–Crippen MR) is 274 cm³/mol. The van der Waals surface area contributed by atoms with Gasteiger partial charge in [-0.3, -0.25) is 4.57 Å². The molecular weight excluding hydrogens is 819 g/mol. The van der Waals surface area contributed by atoms with E-state index in [1.165, 1.54) is 61.9 Å². The van der Waals surface area contributed by atoms with Crippen molar-refractivity contribution in [2.75, 3.05) is 0 Å². The Morgan fingerprint density at radius 2 is 0.953 bits per heavy atom. The van der Waals surface area contributed by atoms with Crippen molar-refractivity contribution in [3.05, 3.63) is 206 Å². The normalized spacial score (nSPS) is 14.4. The van der Waals surface area contributed by atoms with Crippen molar-refractivity contribution in [2.45, 2.75) is 6.29 Å². The Bertz CT molecular complexity index is 4110. The molecule has 0 fully saturated rings. The highest BCUT2D eigenvalue weighted by Gasteiger charge is 2.29. The fourth-order valence-corrected chi connectivity index (χ4v) is 12.7. The Balaban J connectivity index is 1.06. The van der Waals surface area contributed by atoms with Crippen LogP contribution in [-0.4, -0.2) is 20.9 Å². The SMILES string of the molecule is c1ccc(-c2ccc(C3=NC(n4c5ccccc5c5c6sc7ccccc7c6ccc54)NC(n4c5ccccc5c5c6sc7ccccc7c6ccc54)=N3)c(-c3ccccc3)c2)cc1. The number of rotatable bonds is 4. The molecule has 1 atom stereocenters. The molecule has 1 N–H and O–H groups in total. The van der Waals surface area contributed by atoms with E-state index >= 15 is 0 Å². The molecule has 1 aliphatic heterocycles. The highest BCUT2D eigenvalue weighted by atomic mass is 32.1. The van der Waals surface area contributed by atoms with E-state index in [0.29, 0.717) is 5.84 Å². The minimum atomic E-state index is -0.543. The zero-order valence-electron chi connectivity index (χ0n) is 34.2. The molecule has 0 amide bonds.